The number of hydrogen-bond donors (Lipinski definition) is 0. The maximum Gasteiger partial charge on any atom is 0.181 e. The van der Waals surface area contributed by atoms with Crippen molar-refractivity contribution >= 4 is 5.78 Å². The van der Waals surface area contributed by atoms with Crippen LogP contribution in [0.15, 0.2) is 18.3 Å². The second-order valence-electron chi connectivity index (χ2n) is 5.20. The molecule has 0 N–H and O–H groups in total. The van der Waals surface area contributed by atoms with Crippen molar-refractivity contribution in [1.82, 2.24) is 4.98 Å². The molecule has 15 heavy (non-hydrogen) atoms. The van der Waals surface area contributed by atoms with Crippen molar-refractivity contribution < 1.29 is 4.79 Å². The lowest BCUT2D eigenvalue weighted by atomic mass is 9.89. The first-order chi connectivity index (χ1) is 6.88. The van der Waals surface area contributed by atoms with E-state index in [2.05, 4.69) is 25.8 Å². The Kier molecular flexibility index (Phi) is 3.61. The van der Waals surface area contributed by atoms with Crippen LogP contribution in [-0.4, -0.2) is 10.8 Å². The van der Waals surface area contributed by atoms with Crippen molar-refractivity contribution in [2.45, 2.75) is 40.5 Å². The quantitative estimate of drug-likeness (QED) is 0.708. The van der Waals surface area contributed by atoms with Crippen LogP contribution in [-0.2, 0) is 0 Å². The molecule has 1 rings (SSSR count). The van der Waals surface area contributed by atoms with E-state index in [1.165, 1.54) is 0 Å². The van der Waals surface area contributed by atoms with Gasteiger partial charge in [-0.1, -0.05) is 20.8 Å². The number of aromatic nitrogens is 1. The average Bonchev–Trinajstić information content (AvgIpc) is 2.13. The highest BCUT2D eigenvalue weighted by atomic mass is 16.1. The zero-order chi connectivity index (χ0) is 11.5. The smallest absolute Gasteiger partial charge is 0.181 e. The molecule has 1 heterocycles. The first-order valence-electron chi connectivity index (χ1n) is 5.34. The highest BCUT2D eigenvalue weighted by Gasteiger charge is 2.14. The number of nitrogens with zero attached hydrogens (tertiary/aromatic N) is 1. The molecular formula is C13H19NO. The predicted octanol–water partition coefficient (Wildman–Crippen LogP) is 3.40. The van der Waals surface area contributed by atoms with Gasteiger partial charge in [0.1, 0.15) is 5.69 Å². The van der Waals surface area contributed by atoms with E-state index in [0.717, 1.165) is 12.0 Å². The number of pyridine rings is 1. The molecule has 0 atom stereocenters. The number of aryl methyl sites for hydroxylation is 1. The van der Waals surface area contributed by atoms with Gasteiger partial charge < -0.3 is 0 Å². The summed E-state index contributed by atoms with van der Waals surface area (Å²) in [6, 6.07) is 3.76. The predicted molar refractivity (Wildman–Crippen MR) is 62.0 cm³/mol. The Morgan fingerprint density at radius 1 is 1.40 bits per heavy atom. The van der Waals surface area contributed by atoms with Crippen molar-refractivity contribution in [3.63, 3.8) is 0 Å². The van der Waals surface area contributed by atoms with E-state index < -0.39 is 0 Å². The number of hydrogen-bond acceptors (Lipinski definition) is 2. The van der Waals surface area contributed by atoms with Crippen LogP contribution in [0.3, 0.4) is 0 Å². The summed E-state index contributed by atoms with van der Waals surface area (Å²) in [6.45, 7) is 8.40. The minimum Gasteiger partial charge on any atom is -0.292 e. The van der Waals surface area contributed by atoms with Crippen molar-refractivity contribution in [1.29, 1.82) is 0 Å². The summed E-state index contributed by atoms with van der Waals surface area (Å²) in [4.78, 5) is 15.9. The van der Waals surface area contributed by atoms with Gasteiger partial charge >= 0.3 is 0 Å². The molecule has 2 nitrogen and oxygen atoms in total. The molecule has 1 aromatic heterocycles. The second-order valence-corrected chi connectivity index (χ2v) is 5.20. The van der Waals surface area contributed by atoms with Gasteiger partial charge in [0.25, 0.3) is 0 Å². The summed E-state index contributed by atoms with van der Waals surface area (Å²) in [5.41, 5.74) is 1.89. The van der Waals surface area contributed by atoms with Gasteiger partial charge in [0, 0.05) is 12.6 Å². The van der Waals surface area contributed by atoms with Gasteiger partial charge in [-0.05, 0) is 36.5 Å². The number of Topliss-reactive ketones (excluding diaryl/α,β-unsaturated/α-hetero) is 1. The third-order valence-electron chi connectivity index (χ3n) is 2.30. The van der Waals surface area contributed by atoms with Crippen LogP contribution < -0.4 is 0 Å². The Labute approximate surface area is 91.7 Å². The molecule has 0 radical (unpaired) electrons. The first-order valence-corrected chi connectivity index (χ1v) is 5.34. The van der Waals surface area contributed by atoms with Crippen LogP contribution in [0.1, 0.15) is 49.7 Å². The fraction of sp³-hybridized carbons (Fsp3) is 0.538. The Morgan fingerprint density at radius 2 is 2.07 bits per heavy atom. The van der Waals surface area contributed by atoms with Gasteiger partial charge in [-0.2, -0.15) is 0 Å². The molecule has 0 fully saturated rings. The molecular weight excluding hydrogens is 186 g/mol. The summed E-state index contributed by atoms with van der Waals surface area (Å²) in [5.74, 6) is 0.147. The van der Waals surface area contributed by atoms with Crippen molar-refractivity contribution in [2.24, 2.45) is 5.41 Å². The summed E-state index contributed by atoms with van der Waals surface area (Å²) in [7, 11) is 0. The van der Waals surface area contributed by atoms with E-state index in [1.807, 2.05) is 19.1 Å². The second kappa shape index (κ2) is 4.56. The van der Waals surface area contributed by atoms with E-state index >= 15 is 0 Å². The normalized spacial score (nSPS) is 11.5. The largest absolute Gasteiger partial charge is 0.292 e. The third-order valence-corrected chi connectivity index (χ3v) is 2.30. The van der Waals surface area contributed by atoms with Gasteiger partial charge in [0.2, 0.25) is 0 Å². The van der Waals surface area contributed by atoms with E-state index in [1.54, 1.807) is 6.20 Å². The molecule has 2 heteroatoms. The lowest BCUT2D eigenvalue weighted by Crippen LogP contribution is -2.10. The molecule has 0 saturated carbocycles. The van der Waals surface area contributed by atoms with Gasteiger partial charge in [-0.3, -0.25) is 9.78 Å². The van der Waals surface area contributed by atoms with Crippen LogP contribution in [0.2, 0.25) is 0 Å². The number of carbonyl (C=O) groups excluding carboxylic acids is 1. The Balaban J connectivity index is 2.62. The fourth-order valence-electron chi connectivity index (χ4n) is 1.31. The lowest BCUT2D eigenvalue weighted by Gasteiger charge is -2.16. The Morgan fingerprint density at radius 3 is 2.60 bits per heavy atom. The van der Waals surface area contributed by atoms with Crippen LogP contribution in [0, 0.1) is 12.3 Å². The molecule has 0 bridgehead atoms. The minimum absolute atomic E-state index is 0.147. The van der Waals surface area contributed by atoms with Gasteiger partial charge in [-0.15, -0.1) is 0 Å². The Bertz CT molecular complexity index is 350. The summed E-state index contributed by atoms with van der Waals surface area (Å²) in [5, 5.41) is 0. The molecule has 82 valence electrons. The zero-order valence-corrected chi connectivity index (χ0v) is 10.0. The van der Waals surface area contributed by atoms with Gasteiger partial charge in [-0.25, -0.2) is 0 Å². The summed E-state index contributed by atoms with van der Waals surface area (Å²) >= 11 is 0. The number of rotatable bonds is 3. The van der Waals surface area contributed by atoms with E-state index in [-0.39, 0.29) is 11.2 Å². The lowest BCUT2D eigenvalue weighted by molar-refractivity contribution is 0.0961. The Hall–Kier alpha value is -1.18. The zero-order valence-electron chi connectivity index (χ0n) is 10.0. The molecule has 0 aromatic carbocycles. The summed E-state index contributed by atoms with van der Waals surface area (Å²) in [6.07, 6.45) is 3.18. The molecule has 0 amide bonds. The first kappa shape index (κ1) is 11.9. The minimum atomic E-state index is 0.147. The van der Waals surface area contributed by atoms with Gasteiger partial charge in [0.15, 0.2) is 5.78 Å². The third kappa shape index (κ3) is 4.24. The molecule has 0 unspecified atom stereocenters. The molecule has 0 saturated heterocycles. The maximum absolute atomic E-state index is 11.8. The maximum atomic E-state index is 11.8. The van der Waals surface area contributed by atoms with Crippen LogP contribution >= 0.6 is 0 Å². The standard InChI is InChI=1S/C13H19NO/c1-10-6-8-14-11(9-10)12(15)5-7-13(2,3)4/h6,8-9H,5,7H2,1-4H3. The summed E-state index contributed by atoms with van der Waals surface area (Å²) < 4.78 is 0. The molecule has 0 aliphatic heterocycles. The van der Waals surface area contributed by atoms with E-state index in [0.29, 0.717) is 12.1 Å². The van der Waals surface area contributed by atoms with E-state index in [9.17, 15) is 4.79 Å². The highest BCUT2D eigenvalue weighted by molar-refractivity contribution is 5.94. The monoisotopic (exact) mass is 205 g/mol. The average molecular weight is 205 g/mol. The van der Waals surface area contributed by atoms with Crippen LogP contribution in [0.4, 0.5) is 0 Å². The van der Waals surface area contributed by atoms with Crippen molar-refractivity contribution in [2.75, 3.05) is 0 Å². The molecule has 0 aliphatic rings. The SMILES string of the molecule is Cc1ccnc(C(=O)CCC(C)(C)C)c1. The number of carbonyl (C=O) groups is 1. The fourth-order valence-corrected chi connectivity index (χ4v) is 1.31. The van der Waals surface area contributed by atoms with Crippen LogP contribution in [0.5, 0.6) is 0 Å². The van der Waals surface area contributed by atoms with Crippen molar-refractivity contribution in [3.05, 3.63) is 29.6 Å². The molecule has 0 spiro atoms. The van der Waals surface area contributed by atoms with Crippen molar-refractivity contribution in [3.8, 4) is 0 Å². The van der Waals surface area contributed by atoms with E-state index in [4.69, 9.17) is 0 Å². The molecule has 0 aliphatic carbocycles. The highest BCUT2D eigenvalue weighted by Crippen LogP contribution is 2.21. The topological polar surface area (TPSA) is 30.0 Å². The van der Waals surface area contributed by atoms with Crippen LogP contribution in [0.25, 0.3) is 0 Å². The van der Waals surface area contributed by atoms with Gasteiger partial charge in [0.05, 0.1) is 0 Å². The number of ketones is 1. The molecule has 1 aromatic rings.